The molecule has 0 spiro atoms. The lowest BCUT2D eigenvalue weighted by Crippen LogP contribution is -2.51. The number of nitrogens with zero attached hydrogens (tertiary/aromatic N) is 2. The Morgan fingerprint density at radius 2 is 1.59 bits per heavy atom. The third kappa shape index (κ3) is 6.81. The second kappa shape index (κ2) is 12.6. The van der Waals surface area contributed by atoms with Crippen LogP contribution < -0.4 is 14.4 Å². The summed E-state index contributed by atoms with van der Waals surface area (Å²) >= 11 is 6.34. The van der Waals surface area contributed by atoms with Gasteiger partial charge in [0.15, 0.2) is 0 Å². The average molecular weight is 544 g/mol. The zero-order valence-electron chi connectivity index (χ0n) is 20.9. The Balaban J connectivity index is 2.01. The third-order valence-electron chi connectivity index (χ3n) is 5.79. The zero-order valence-corrected chi connectivity index (χ0v) is 22.5. The van der Waals surface area contributed by atoms with Gasteiger partial charge in [-0.2, -0.15) is 0 Å². The Bertz CT molecular complexity index is 1320. The number of likely N-dealkylation sites (N-methyl/N-ethyl adjacent to an activating group) is 1. The number of para-hydroxylation sites is 1. The number of ether oxygens (including phenoxy) is 1. The summed E-state index contributed by atoms with van der Waals surface area (Å²) in [6.45, 7) is 3.28. The Labute approximate surface area is 222 Å². The number of rotatable bonds is 11. The van der Waals surface area contributed by atoms with Crippen molar-refractivity contribution in [3.8, 4) is 5.75 Å². The number of hydrogen-bond acceptors (Lipinski definition) is 5. The van der Waals surface area contributed by atoms with Crippen molar-refractivity contribution in [2.75, 3.05) is 24.5 Å². The van der Waals surface area contributed by atoms with Crippen molar-refractivity contribution in [3.05, 3.63) is 89.4 Å². The van der Waals surface area contributed by atoms with E-state index >= 15 is 0 Å². The molecule has 2 amide bonds. The minimum atomic E-state index is -4.14. The summed E-state index contributed by atoms with van der Waals surface area (Å²) in [6, 6.07) is 20.4. The van der Waals surface area contributed by atoms with Gasteiger partial charge in [-0.3, -0.25) is 13.9 Å². The maximum absolute atomic E-state index is 13.7. The lowest BCUT2D eigenvalue weighted by atomic mass is 10.1. The van der Waals surface area contributed by atoms with Gasteiger partial charge in [-0.15, -0.1) is 0 Å². The molecule has 1 atom stereocenters. The van der Waals surface area contributed by atoms with E-state index in [-0.39, 0.29) is 17.3 Å². The SMILES string of the molecule is CCNC(=O)[C@@H](C)N(Cc1ccccc1Cl)C(=O)CN(c1ccccc1)S(=O)(=O)c1ccc(OC)cc1. The van der Waals surface area contributed by atoms with Crippen molar-refractivity contribution >= 4 is 39.1 Å². The summed E-state index contributed by atoms with van der Waals surface area (Å²) < 4.78 is 33.6. The number of halogens is 1. The highest BCUT2D eigenvalue weighted by molar-refractivity contribution is 7.92. The number of benzene rings is 3. The molecule has 3 aromatic rings. The molecule has 0 radical (unpaired) electrons. The number of anilines is 1. The van der Waals surface area contributed by atoms with E-state index in [9.17, 15) is 18.0 Å². The van der Waals surface area contributed by atoms with Gasteiger partial charge < -0.3 is 15.0 Å². The van der Waals surface area contributed by atoms with E-state index in [1.165, 1.54) is 24.1 Å². The quantitative estimate of drug-likeness (QED) is 0.393. The van der Waals surface area contributed by atoms with Crippen LogP contribution in [0.4, 0.5) is 5.69 Å². The highest BCUT2D eigenvalue weighted by atomic mass is 35.5. The van der Waals surface area contributed by atoms with Crippen LogP contribution in [0.3, 0.4) is 0 Å². The van der Waals surface area contributed by atoms with Crippen LogP contribution in [0.2, 0.25) is 5.02 Å². The molecule has 10 heteroatoms. The molecule has 8 nitrogen and oxygen atoms in total. The zero-order chi connectivity index (χ0) is 27.0. The van der Waals surface area contributed by atoms with E-state index in [0.717, 1.165) is 4.31 Å². The van der Waals surface area contributed by atoms with Gasteiger partial charge in [0.1, 0.15) is 18.3 Å². The molecule has 0 heterocycles. The fourth-order valence-electron chi connectivity index (χ4n) is 3.71. The van der Waals surface area contributed by atoms with Gasteiger partial charge in [-0.05, 0) is 61.9 Å². The van der Waals surface area contributed by atoms with Crippen LogP contribution in [0.5, 0.6) is 5.75 Å². The molecule has 0 aliphatic carbocycles. The van der Waals surface area contributed by atoms with Crippen molar-refractivity contribution in [2.24, 2.45) is 0 Å². The van der Waals surface area contributed by atoms with Crippen LogP contribution in [0, 0.1) is 0 Å². The summed E-state index contributed by atoms with van der Waals surface area (Å²) in [5, 5.41) is 3.16. The van der Waals surface area contributed by atoms with Gasteiger partial charge in [-0.1, -0.05) is 48.0 Å². The molecule has 0 unspecified atom stereocenters. The van der Waals surface area contributed by atoms with Crippen molar-refractivity contribution in [1.29, 1.82) is 0 Å². The van der Waals surface area contributed by atoms with E-state index in [2.05, 4.69) is 5.32 Å². The van der Waals surface area contributed by atoms with Crippen LogP contribution in [0.15, 0.2) is 83.8 Å². The van der Waals surface area contributed by atoms with Gasteiger partial charge in [0.25, 0.3) is 10.0 Å². The molecular formula is C27H30ClN3O5S. The Morgan fingerprint density at radius 1 is 0.973 bits per heavy atom. The number of nitrogens with one attached hydrogen (secondary N) is 1. The van der Waals surface area contributed by atoms with E-state index in [1.54, 1.807) is 80.6 Å². The van der Waals surface area contributed by atoms with E-state index < -0.39 is 28.5 Å². The number of carbonyl (C=O) groups excluding carboxylic acids is 2. The second-order valence-electron chi connectivity index (χ2n) is 8.21. The summed E-state index contributed by atoms with van der Waals surface area (Å²) in [5.74, 6) is -0.408. The molecule has 0 aromatic heterocycles. The summed E-state index contributed by atoms with van der Waals surface area (Å²) in [5.41, 5.74) is 0.952. The highest BCUT2D eigenvalue weighted by Gasteiger charge is 2.32. The molecular weight excluding hydrogens is 514 g/mol. The molecule has 0 fully saturated rings. The highest BCUT2D eigenvalue weighted by Crippen LogP contribution is 2.26. The van der Waals surface area contributed by atoms with Crippen molar-refractivity contribution in [3.63, 3.8) is 0 Å². The number of amides is 2. The minimum absolute atomic E-state index is 0.000573. The first kappa shape index (κ1) is 28.0. The van der Waals surface area contributed by atoms with Crippen LogP contribution >= 0.6 is 11.6 Å². The number of carbonyl (C=O) groups is 2. The average Bonchev–Trinajstić information content (AvgIpc) is 2.91. The van der Waals surface area contributed by atoms with Crippen LogP contribution in [-0.4, -0.2) is 51.4 Å². The molecule has 0 saturated carbocycles. The standard InChI is InChI=1S/C27H30ClN3O5S/c1-4-29-27(33)20(2)30(18-21-10-8-9-13-25(21)28)26(32)19-31(22-11-6-5-7-12-22)37(34,35)24-16-14-23(36-3)15-17-24/h5-17,20H,4,18-19H2,1-3H3,(H,29,33)/t20-/m1/s1. The van der Waals surface area contributed by atoms with E-state index in [0.29, 0.717) is 28.6 Å². The topological polar surface area (TPSA) is 96.0 Å². The predicted molar refractivity (Wildman–Crippen MR) is 144 cm³/mol. The molecule has 0 saturated heterocycles. The summed E-state index contributed by atoms with van der Waals surface area (Å²) in [7, 11) is -2.65. The molecule has 3 rings (SSSR count). The second-order valence-corrected chi connectivity index (χ2v) is 10.5. The Morgan fingerprint density at radius 3 is 2.19 bits per heavy atom. The first-order valence-corrected chi connectivity index (χ1v) is 13.5. The van der Waals surface area contributed by atoms with Crippen molar-refractivity contribution in [2.45, 2.75) is 31.3 Å². The molecule has 37 heavy (non-hydrogen) atoms. The number of sulfonamides is 1. The van der Waals surface area contributed by atoms with Crippen LogP contribution in [-0.2, 0) is 26.2 Å². The smallest absolute Gasteiger partial charge is 0.264 e. The monoisotopic (exact) mass is 543 g/mol. The maximum Gasteiger partial charge on any atom is 0.264 e. The van der Waals surface area contributed by atoms with Gasteiger partial charge in [0.05, 0.1) is 17.7 Å². The fraction of sp³-hybridized carbons (Fsp3) is 0.259. The Kier molecular flexibility index (Phi) is 9.54. The fourth-order valence-corrected chi connectivity index (χ4v) is 5.32. The third-order valence-corrected chi connectivity index (χ3v) is 7.94. The molecule has 0 bridgehead atoms. The van der Waals surface area contributed by atoms with Crippen LogP contribution in [0.1, 0.15) is 19.4 Å². The molecule has 3 aromatic carbocycles. The minimum Gasteiger partial charge on any atom is -0.497 e. The summed E-state index contributed by atoms with van der Waals surface area (Å²) in [6.07, 6.45) is 0. The van der Waals surface area contributed by atoms with Crippen molar-refractivity contribution < 1.29 is 22.7 Å². The first-order valence-electron chi connectivity index (χ1n) is 11.7. The van der Waals surface area contributed by atoms with E-state index in [4.69, 9.17) is 16.3 Å². The predicted octanol–water partition coefficient (Wildman–Crippen LogP) is 4.10. The lowest BCUT2D eigenvalue weighted by Gasteiger charge is -2.32. The summed E-state index contributed by atoms with van der Waals surface area (Å²) in [4.78, 5) is 27.8. The van der Waals surface area contributed by atoms with Crippen molar-refractivity contribution in [1.82, 2.24) is 10.2 Å². The number of methoxy groups -OCH3 is 1. The van der Waals surface area contributed by atoms with Gasteiger partial charge in [-0.25, -0.2) is 8.42 Å². The molecule has 0 aliphatic rings. The normalized spacial score (nSPS) is 11.9. The molecule has 196 valence electrons. The van der Waals surface area contributed by atoms with Crippen LogP contribution in [0.25, 0.3) is 0 Å². The van der Waals surface area contributed by atoms with Gasteiger partial charge >= 0.3 is 0 Å². The van der Waals surface area contributed by atoms with E-state index in [1.807, 2.05) is 0 Å². The number of hydrogen-bond donors (Lipinski definition) is 1. The first-order chi connectivity index (χ1) is 17.7. The molecule has 0 aliphatic heterocycles. The Hall–Kier alpha value is -3.56. The maximum atomic E-state index is 13.7. The largest absolute Gasteiger partial charge is 0.497 e. The van der Waals surface area contributed by atoms with Gasteiger partial charge in [0.2, 0.25) is 11.8 Å². The molecule has 1 N–H and O–H groups in total. The van der Waals surface area contributed by atoms with Gasteiger partial charge in [0, 0.05) is 18.1 Å². The lowest BCUT2D eigenvalue weighted by molar-refractivity contribution is -0.139.